The third-order valence-corrected chi connectivity index (χ3v) is 5.62. The van der Waals surface area contributed by atoms with Crippen LogP contribution in [0, 0.1) is 11.3 Å². The van der Waals surface area contributed by atoms with Crippen LogP contribution >= 0.6 is 0 Å². The van der Waals surface area contributed by atoms with Crippen LogP contribution in [-0.4, -0.2) is 32.5 Å². The van der Waals surface area contributed by atoms with E-state index in [2.05, 4.69) is 30.9 Å². The minimum Gasteiger partial charge on any atom is -0.345 e. The van der Waals surface area contributed by atoms with Crippen molar-refractivity contribution in [1.29, 1.82) is 5.26 Å². The van der Waals surface area contributed by atoms with E-state index in [-0.39, 0.29) is 10.9 Å². The molecule has 1 N–H and O–H groups in total. The Labute approximate surface area is 171 Å². The van der Waals surface area contributed by atoms with Crippen LogP contribution in [0.5, 0.6) is 0 Å². The number of nitrogens with zero attached hydrogens (tertiary/aromatic N) is 5. The first-order chi connectivity index (χ1) is 14.4. The second-order valence-electron chi connectivity index (χ2n) is 7.44. The number of halogens is 3. The second-order valence-corrected chi connectivity index (χ2v) is 7.44. The molecule has 156 valence electrons. The molecule has 0 aliphatic heterocycles. The molecule has 0 unspecified atom stereocenters. The molecule has 1 aliphatic rings. The third-order valence-electron chi connectivity index (χ3n) is 5.62. The van der Waals surface area contributed by atoms with Crippen LogP contribution in [0.15, 0.2) is 24.7 Å². The Kier molecular flexibility index (Phi) is 5.33. The first-order valence-electron chi connectivity index (χ1n) is 10.0. The Morgan fingerprint density at radius 2 is 1.97 bits per heavy atom. The van der Waals surface area contributed by atoms with Gasteiger partial charge in [-0.05, 0) is 25.8 Å². The van der Waals surface area contributed by atoms with Gasteiger partial charge in [-0.2, -0.15) is 18.4 Å². The van der Waals surface area contributed by atoms with Crippen molar-refractivity contribution < 1.29 is 13.2 Å². The first-order valence-corrected chi connectivity index (χ1v) is 10.0. The number of anilines is 1. The number of aromatic nitrogens is 4. The predicted octanol–water partition coefficient (Wildman–Crippen LogP) is 5.07. The quantitative estimate of drug-likeness (QED) is 0.645. The van der Waals surface area contributed by atoms with E-state index in [9.17, 15) is 18.4 Å². The Morgan fingerprint density at radius 1 is 1.20 bits per heavy atom. The molecule has 0 bridgehead atoms. The van der Waals surface area contributed by atoms with Crippen LogP contribution in [0.4, 0.5) is 19.1 Å². The topological polar surface area (TPSA) is 81.5 Å². The van der Waals surface area contributed by atoms with Crippen molar-refractivity contribution in [2.75, 3.05) is 11.4 Å². The van der Waals surface area contributed by atoms with Gasteiger partial charge in [0.1, 0.15) is 11.7 Å². The lowest BCUT2D eigenvalue weighted by atomic mass is 9.94. The number of fused-ring (bicyclic) bond motifs is 1. The first kappa shape index (κ1) is 20.1. The Balaban J connectivity index is 1.82. The van der Waals surface area contributed by atoms with Crippen molar-refractivity contribution in [1.82, 2.24) is 19.9 Å². The Hall–Kier alpha value is -3.15. The number of nitrogens with one attached hydrogen (secondary N) is 1. The van der Waals surface area contributed by atoms with Crippen LogP contribution < -0.4 is 4.90 Å². The summed E-state index contributed by atoms with van der Waals surface area (Å²) in [7, 11) is 0. The van der Waals surface area contributed by atoms with E-state index in [1.165, 1.54) is 12.6 Å². The summed E-state index contributed by atoms with van der Waals surface area (Å²) in [6, 6.07) is 3.42. The van der Waals surface area contributed by atoms with Gasteiger partial charge in [0.05, 0.1) is 23.0 Å². The summed E-state index contributed by atoms with van der Waals surface area (Å²) >= 11 is 0. The third kappa shape index (κ3) is 3.70. The lowest BCUT2D eigenvalue weighted by Crippen LogP contribution is -2.38. The normalized spacial score (nSPS) is 15.3. The fraction of sp³-hybridized carbons (Fsp3) is 0.429. The number of pyridine rings is 1. The number of alkyl halides is 3. The molecule has 30 heavy (non-hydrogen) atoms. The van der Waals surface area contributed by atoms with Gasteiger partial charge in [0, 0.05) is 35.9 Å². The zero-order valence-corrected chi connectivity index (χ0v) is 16.5. The van der Waals surface area contributed by atoms with Crippen molar-refractivity contribution in [3.8, 4) is 17.3 Å². The van der Waals surface area contributed by atoms with Crippen LogP contribution in [0.3, 0.4) is 0 Å². The molecule has 3 heterocycles. The average Bonchev–Trinajstić information content (AvgIpc) is 3.17. The van der Waals surface area contributed by atoms with E-state index >= 15 is 0 Å². The molecule has 0 aromatic carbocycles. The summed E-state index contributed by atoms with van der Waals surface area (Å²) < 4.78 is 39.6. The molecule has 3 aromatic rings. The Morgan fingerprint density at radius 3 is 2.63 bits per heavy atom. The maximum atomic E-state index is 13.2. The van der Waals surface area contributed by atoms with Crippen molar-refractivity contribution in [3.63, 3.8) is 0 Å². The smallest absolute Gasteiger partial charge is 0.345 e. The number of H-pyrrole nitrogens is 1. The second kappa shape index (κ2) is 7.94. The summed E-state index contributed by atoms with van der Waals surface area (Å²) in [4.78, 5) is 17.9. The van der Waals surface area contributed by atoms with Crippen molar-refractivity contribution in [3.05, 3.63) is 35.8 Å². The molecule has 6 nitrogen and oxygen atoms in total. The van der Waals surface area contributed by atoms with E-state index in [0.29, 0.717) is 35.4 Å². The summed E-state index contributed by atoms with van der Waals surface area (Å²) in [6.45, 7) is 2.74. The van der Waals surface area contributed by atoms with Crippen molar-refractivity contribution >= 4 is 17.0 Å². The van der Waals surface area contributed by atoms with Gasteiger partial charge in [0.2, 0.25) is 5.95 Å². The minimum atomic E-state index is -4.51. The molecule has 0 spiro atoms. The Bertz CT molecular complexity index is 1090. The molecule has 1 aliphatic carbocycles. The van der Waals surface area contributed by atoms with Gasteiger partial charge in [0.25, 0.3) is 0 Å². The maximum absolute atomic E-state index is 13.2. The van der Waals surface area contributed by atoms with Crippen molar-refractivity contribution in [2.24, 2.45) is 0 Å². The van der Waals surface area contributed by atoms with E-state index in [4.69, 9.17) is 0 Å². The summed E-state index contributed by atoms with van der Waals surface area (Å²) in [5, 5.41) is 9.83. The summed E-state index contributed by atoms with van der Waals surface area (Å²) in [6.07, 6.45) is 4.90. The highest BCUT2D eigenvalue weighted by Gasteiger charge is 2.32. The van der Waals surface area contributed by atoms with Gasteiger partial charge in [-0.15, -0.1) is 0 Å². The van der Waals surface area contributed by atoms with Gasteiger partial charge >= 0.3 is 6.18 Å². The molecule has 0 saturated heterocycles. The number of rotatable bonds is 4. The minimum absolute atomic E-state index is 0.205. The molecular weight excluding hydrogens is 393 g/mol. The van der Waals surface area contributed by atoms with E-state index in [1.807, 2.05) is 6.92 Å². The van der Waals surface area contributed by atoms with Crippen LogP contribution in [0.25, 0.3) is 22.3 Å². The molecule has 1 fully saturated rings. The number of aromatic amines is 1. The van der Waals surface area contributed by atoms with Gasteiger partial charge < -0.3 is 9.88 Å². The average molecular weight is 414 g/mol. The van der Waals surface area contributed by atoms with Gasteiger partial charge in [0.15, 0.2) is 0 Å². The maximum Gasteiger partial charge on any atom is 0.417 e. The fourth-order valence-electron chi connectivity index (χ4n) is 4.11. The monoisotopic (exact) mass is 414 g/mol. The molecule has 0 atom stereocenters. The van der Waals surface area contributed by atoms with Gasteiger partial charge in [-0.3, -0.25) is 0 Å². The van der Waals surface area contributed by atoms with Crippen LogP contribution in [-0.2, 0) is 6.18 Å². The SMILES string of the molecule is CCN(c1ncc(C#N)c(-c2c[nH]c3ncc(C(F)(F)F)cc23)n1)C1CCCCC1. The lowest BCUT2D eigenvalue weighted by Gasteiger charge is -2.33. The molecule has 1 saturated carbocycles. The van der Waals surface area contributed by atoms with E-state index in [1.54, 1.807) is 6.20 Å². The predicted molar refractivity (Wildman–Crippen MR) is 107 cm³/mol. The van der Waals surface area contributed by atoms with E-state index in [0.717, 1.165) is 37.9 Å². The van der Waals surface area contributed by atoms with Gasteiger partial charge in [-0.1, -0.05) is 19.3 Å². The lowest BCUT2D eigenvalue weighted by molar-refractivity contribution is -0.137. The fourth-order valence-corrected chi connectivity index (χ4v) is 4.11. The summed E-state index contributed by atoms with van der Waals surface area (Å²) in [5.74, 6) is 0.493. The summed E-state index contributed by atoms with van der Waals surface area (Å²) in [5.41, 5.74) is 0.382. The number of hydrogen-bond acceptors (Lipinski definition) is 5. The molecule has 9 heteroatoms. The van der Waals surface area contributed by atoms with Gasteiger partial charge in [-0.25, -0.2) is 15.0 Å². The standard InChI is InChI=1S/C21H21F3N6/c1-2-30(15-6-4-3-5-7-15)20-28-10-13(9-25)18(29-20)17-12-27-19-16(17)8-14(11-26-19)21(22,23)24/h8,10-12,15H,2-7H2,1H3,(H,26,27). The van der Waals surface area contributed by atoms with Crippen molar-refractivity contribution in [2.45, 2.75) is 51.2 Å². The highest BCUT2D eigenvalue weighted by Crippen LogP contribution is 2.35. The molecule has 0 radical (unpaired) electrons. The molecular formula is C21H21F3N6. The molecule has 3 aromatic heterocycles. The molecule has 4 rings (SSSR count). The highest BCUT2D eigenvalue weighted by molar-refractivity contribution is 5.94. The number of nitriles is 1. The number of hydrogen-bond donors (Lipinski definition) is 1. The van der Waals surface area contributed by atoms with Crippen LogP contribution in [0.1, 0.15) is 50.2 Å². The zero-order valence-electron chi connectivity index (χ0n) is 16.5. The molecule has 0 amide bonds. The van der Waals surface area contributed by atoms with Crippen LogP contribution in [0.2, 0.25) is 0 Å². The zero-order chi connectivity index (χ0) is 21.3. The van der Waals surface area contributed by atoms with E-state index < -0.39 is 11.7 Å². The highest BCUT2D eigenvalue weighted by atomic mass is 19.4. The largest absolute Gasteiger partial charge is 0.417 e.